The minimum Gasteiger partial charge on any atom is -0.383 e. The van der Waals surface area contributed by atoms with Gasteiger partial charge in [0.25, 0.3) is 0 Å². The summed E-state index contributed by atoms with van der Waals surface area (Å²) in [7, 11) is 1.86. The molecule has 0 unspecified atom stereocenters. The molecule has 4 heteroatoms. The molecule has 0 aliphatic rings. The van der Waals surface area contributed by atoms with Crippen molar-refractivity contribution < 1.29 is 5.11 Å². The summed E-state index contributed by atoms with van der Waals surface area (Å²) in [6.07, 6.45) is 0. The largest absolute Gasteiger partial charge is 0.383 e. The molecule has 82 valence electrons. The Balaban J connectivity index is 2.74. The molecule has 0 atom stereocenters. The van der Waals surface area contributed by atoms with E-state index in [1.165, 1.54) is 0 Å². The summed E-state index contributed by atoms with van der Waals surface area (Å²) in [5.41, 5.74) is 1.24. The summed E-state index contributed by atoms with van der Waals surface area (Å²) in [6.45, 7) is 3.39. The van der Waals surface area contributed by atoms with E-state index < -0.39 is 5.60 Å². The summed E-state index contributed by atoms with van der Waals surface area (Å²) in [5, 5.41) is 18.7. The Kier molecular flexibility index (Phi) is 2.21. The minimum absolute atomic E-state index is 0.577. The quantitative estimate of drug-likeness (QED) is 0.787. The highest BCUT2D eigenvalue weighted by atomic mass is 16.3. The van der Waals surface area contributed by atoms with Gasteiger partial charge in [0, 0.05) is 7.05 Å². The fraction of sp³-hybridized carbons (Fsp3) is 0.333. The van der Waals surface area contributed by atoms with E-state index in [1.54, 1.807) is 26.0 Å². The number of hydrogen-bond donors (Lipinski definition) is 1. The summed E-state index contributed by atoms with van der Waals surface area (Å²) < 4.78 is 1.84. The maximum Gasteiger partial charge on any atom is 0.141 e. The molecule has 0 radical (unpaired) electrons. The SMILES string of the molecule is Cn1c(C(C)(C)O)nc2cc(C#N)ccc21. The van der Waals surface area contributed by atoms with Gasteiger partial charge in [-0.05, 0) is 32.0 Å². The van der Waals surface area contributed by atoms with Crippen molar-refractivity contribution in [1.82, 2.24) is 9.55 Å². The molecule has 0 aliphatic carbocycles. The van der Waals surface area contributed by atoms with Crippen molar-refractivity contribution in [1.29, 1.82) is 5.26 Å². The standard InChI is InChI=1S/C12H13N3O/c1-12(2,16)11-14-9-6-8(7-13)4-5-10(9)15(11)3/h4-6,16H,1-3H3. The Morgan fingerprint density at radius 3 is 2.69 bits per heavy atom. The molecule has 1 heterocycles. The molecule has 1 N–H and O–H groups in total. The first kappa shape index (κ1) is 10.7. The lowest BCUT2D eigenvalue weighted by molar-refractivity contribution is 0.0663. The number of aliphatic hydroxyl groups is 1. The molecular formula is C12H13N3O. The van der Waals surface area contributed by atoms with Crippen LogP contribution in [0.2, 0.25) is 0 Å². The Morgan fingerprint density at radius 1 is 1.44 bits per heavy atom. The van der Waals surface area contributed by atoms with E-state index in [1.807, 2.05) is 17.7 Å². The van der Waals surface area contributed by atoms with Gasteiger partial charge in [-0.3, -0.25) is 0 Å². The third kappa shape index (κ3) is 1.55. The number of aryl methyl sites for hydroxylation is 1. The average molecular weight is 215 g/mol. The van der Waals surface area contributed by atoms with E-state index in [4.69, 9.17) is 5.26 Å². The number of hydrogen-bond acceptors (Lipinski definition) is 3. The van der Waals surface area contributed by atoms with E-state index in [9.17, 15) is 5.11 Å². The molecule has 1 aromatic heterocycles. The number of rotatable bonds is 1. The monoisotopic (exact) mass is 215 g/mol. The van der Waals surface area contributed by atoms with Gasteiger partial charge in [0.2, 0.25) is 0 Å². The van der Waals surface area contributed by atoms with Crippen LogP contribution in [-0.2, 0) is 12.6 Å². The van der Waals surface area contributed by atoms with Gasteiger partial charge in [-0.1, -0.05) is 0 Å². The molecule has 2 aromatic rings. The second kappa shape index (κ2) is 3.32. The zero-order valence-corrected chi connectivity index (χ0v) is 9.52. The van der Waals surface area contributed by atoms with Crippen LogP contribution in [0.1, 0.15) is 25.2 Å². The Bertz CT molecular complexity index is 585. The Morgan fingerprint density at radius 2 is 2.12 bits per heavy atom. The molecule has 0 amide bonds. The summed E-state index contributed by atoms with van der Waals surface area (Å²) in [5.74, 6) is 0.595. The topological polar surface area (TPSA) is 61.8 Å². The highest BCUT2D eigenvalue weighted by Crippen LogP contribution is 2.23. The predicted molar refractivity (Wildman–Crippen MR) is 60.7 cm³/mol. The molecule has 0 saturated heterocycles. The van der Waals surface area contributed by atoms with Gasteiger partial charge >= 0.3 is 0 Å². The molecule has 2 rings (SSSR count). The van der Waals surface area contributed by atoms with Crippen LogP contribution in [0.5, 0.6) is 0 Å². The van der Waals surface area contributed by atoms with Gasteiger partial charge in [-0.15, -0.1) is 0 Å². The zero-order chi connectivity index (χ0) is 11.9. The molecule has 1 aromatic carbocycles. The van der Waals surface area contributed by atoms with Gasteiger partial charge < -0.3 is 9.67 Å². The van der Waals surface area contributed by atoms with Crippen LogP contribution in [0.3, 0.4) is 0 Å². The highest BCUT2D eigenvalue weighted by molar-refractivity contribution is 5.77. The van der Waals surface area contributed by atoms with E-state index in [0.717, 1.165) is 11.0 Å². The van der Waals surface area contributed by atoms with Gasteiger partial charge in [0.05, 0.1) is 22.7 Å². The fourth-order valence-corrected chi connectivity index (χ4v) is 1.82. The molecule has 0 fully saturated rings. The van der Waals surface area contributed by atoms with Crippen molar-refractivity contribution in [2.45, 2.75) is 19.4 Å². The second-order valence-corrected chi connectivity index (χ2v) is 4.37. The molecule has 0 saturated carbocycles. The number of nitrogens with zero attached hydrogens (tertiary/aromatic N) is 3. The Hall–Kier alpha value is -1.86. The third-order valence-electron chi connectivity index (χ3n) is 2.56. The van der Waals surface area contributed by atoms with Crippen LogP contribution in [0, 0.1) is 11.3 Å². The lowest BCUT2D eigenvalue weighted by Gasteiger charge is -2.16. The number of fused-ring (bicyclic) bond motifs is 1. The van der Waals surface area contributed by atoms with Crippen LogP contribution < -0.4 is 0 Å². The van der Waals surface area contributed by atoms with Crippen LogP contribution in [-0.4, -0.2) is 14.7 Å². The normalized spacial score (nSPS) is 11.7. The summed E-state index contributed by atoms with van der Waals surface area (Å²) in [6, 6.07) is 7.39. The fourth-order valence-electron chi connectivity index (χ4n) is 1.82. The minimum atomic E-state index is -0.986. The molecule has 0 spiro atoms. The first-order valence-corrected chi connectivity index (χ1v) is 5.03. The van der Waals surface area contributed by atoms with Gasteiger partial charge in [-0.2, -0.15) is 5.26 Å². The first-order chi connectivity index (χ1) is 7.43. The van der Waals surface area contributed by atoms with Crippen LogP contribution in [0.15, 0.2) is 18.2 Å². The predicted octanol–water partition coefficient (Wildman–Crippen LogP) is 1.67. The van der Waals surface area contributed by atoms with Crippen LogP contribution in [0.4, 0.5) is 0 Å². The van der Waals surface area contributed by atoms with Gasteiger partial charge in [0.15, 0.2) is 0 Å². The van der Waals surface area contributed by atoms with Crippen molar-refractivity contribution >= 4 is 11.0 Å². The summed E-state index contributed by atoms with van der Waals surface area (Å²) >= 11 is 0. The average Bonchev–Trinajstić information content (AvgIpc) is 2.55. The number of imidazole rings is 1. The van der Waals surface area contributed by atoms with Crippen LogP contribution >= 0.6 is 0 Å². The molecule has 16 heavy (non-hydrogen) atoms. The van der Waals surface area contributed by atoms with Gasteiger partial charge in [0.1, 0.15) is 11.4 Å². The van der Waals surface area contributed by atoms with Crippen molar-refractivity contribution in [3.05, 3.63) is 29.6 Å². The first-order valence-electron chi connectivity index (χ1n) is 5.03. The lowest BCUT2D eigenvalue weighted by atomic mass is 10.1. The lowest BCUT2D eigenvalue weighted by Crippen LogP contribution is -2.20. The Labute approximate surface area is 93.8 Å². The number of aromatic nitrogens is 2. The van der Waals surface area contributed by atoms with E-state index in [-0.39, 0.29) is 0 Å². The van der Waals surface area contributed by atoms with Crippen molar-refractivity contribution in [3.8, 4) is 6.07 Å². The van der Waals surface area contributed by atoms with Crippen LogP contribution in [0.25, 0.3) is 11.0 Å². The zero-order valence-electron chi connectivity index (χ0n) is 9.52. The van der Waals surface area contributed by atoms with Crippen molar-refractivity contribution in [2.75, 3.05) is 0 Å². The summed E-state index contributed by atoms with van der Waals surface area (Å²) in [4.78, 5) is 4.35. The van der Waals surface area contributed by atoms with E-state index >= 15 is 0 Å². The van der Waals surface area contributed by atoms with E-state index in [2.05, 4.69) is 11.1 Å². The molecule has 4 nitrogen and oxygen atoms in total. The molecule has 0 bridgehead atoms. The van der Waals surface area contributed by atoms with E-state index in [0.29, 0.717) is 11.4 Å². The highest BCUT2D eigenvalue weighted by Gasteiger charge is 2.23. The van der Waals surface area contributed by atoms with Crippen molar-refractivity contribution in [2.24, 2.45) is 7.05 Å². The molecule has 0 aliphatic heterocycles. The number of benzene rings is 1. The number of nitriles is 1. The molecular weight excluding hydrogens is 202 g/mol. The third-order valence-corrected chi connectivity index (χ3v) is 2.56. The second-order valence-electron chi connectivity index (χ2n) is 4.37. The maximum atomic E-state index is 9.95. The van der Waals surface area contributed by atoms with Crippen molar-refractivity contribution in [3.63, 3.8) is 0 Å². The smallest absolute Gasteiger partial charge is 0.141 e. The van der Waals surface area contributed by atoms with Gasteiger partial charge in [-0.25, -0.2) is 4.98 Å². The maximum absolute atomic E-state index is 9.95.